The second kappa shape index (κ2) is 5.13. The number of thiophene rings is 1. The van der Waals surface area contributed by atoms with Crippen LogP contribution in [0.2, 0.25) is 0 Å². The van der Waals surface area contributed by atoms with E-state index in [1.54, 1.807) is 15.9 Å². The van der Waals surface area contributed by atoms with Crippen molar-refractivity contribution in [1.29, 1.82) is 0 Å². The number of nitrogens with zero attached hydrogens (tertiary/aromatic N) is 2. The quantitative estimate of drug-likeness (QED) is 0.848. The molecule has 3 N–H and O–H groups in total. The SMILES string of the molecule is CCn1c(=O)c(-c2cscc2C)cc2c1=NC(N)NC=2C. The summed E-state index contributed by atoms with van der Waals surface area (Å²) in [5.74, 6) is 0. The van der Waals surface area contributed by atoms with Crippen LogP contribution in [0.15, 0.2) is 26.6 Å². The lowest BCUT2D eigenvalue weighted by atomic mass is 10.1. The van der Waals surface area contributed by atoms with Gasteiger partial charge in [-0.3, -0.25) is 15.1 Å². The number of nitrogens with one attached hydrogen (secondary N) is 1. The molecule has 1 unspecified atom stereocenters. The van der Waals surface area contributed by atoms with Gasteiger partial charge in [-0.25, -0.2) is 4.99 Å². The fourth-order valence-electron chi connectivity index (χ4n) is 2.66. The zero-order valence-electron chi connectivity index (χ0n) is 12.3. The summed E-state index contributed by atoms with van der Waals surface area (Å²) in [6.07, 6.45) is -0.497. The van der Waals surface area contributed by atoms with Crippen LogP contribution in [-0.4, -0.2) is 10.9 Å². The second-order valence-corrected chi connectivity index (χ2v) is 5.90. The Balaban J connectivity index is 2.46. The Morgan fingerprint density at radius 3 is 2.76 bits per heavy atom. The molecule has 6 heteroatoms. The third-order valence-corrected chi connectivity index (χ3v) is 4.61. The van der Waals surface area contributed by atoms with Gasteiger partial charge in [0.2, 0.25) is 0 Å². The van der Waals surface area contributed by atoms with E-state index in [-0.39, 0.29) is 5.56 Å². The standard InChI is InChI=1S/C15H18N4OS/c1-4-19-13-10(9(3)17-15(16)18-13)5-11(14(19)20)12-7-21-6-8(12)2/h5-7,15,17H,4,16H2,1-3H3. The van der Waals surface area contributed by atoms with Crippen LogP contribution in [0, 0.1) is 6.92 Å². The molecule has 0 saturated heterocycles. The van der Waals surface area contributed by atoms with E-state index in [1.807, 2.05) is 32.2 Å². The fourth-order valence-corrected chi connectivity index (χ4v) is 3.51. The van der Waals surface area contributed by atoms with Gasteiger partial charge in [-0.05, 0) is 43.2 Å². The molecule has 5 nitrogen and oxygen atoms in total. The second-order valence-electron chi connectivity index (χ2n) is 5.16. The van der Waals surface area contributed by atoms with Crippen molar-refractivity contribution in [2.45, 2.75) is 33.6 Å². The summed E-state index contributed by atoms with van der Waals surface area (Å²) in [5.41, 5.74) is 10.3. The number of pyridine rings is 1. The van der Waals surface area contributed by atoms with E-state index in [4.69, 9.17) is 5.73 Å². The number of hydrogen-bond donors (Lipinski definition) is 2. The largest absolute Gasteiger partial charge is 0.355 e. The Morgan fingerprint density at radius 1 is 1.38 bits per heavy atom. The van der Waals surface area contributed by atoms with E-state index >= 15 is 0 Å². The highest BCUT2D eigenvalue weighted by Gasteiger charge is 2.16. The maximum absolute atomic E-state index is 12.8. The van der Waals surface area contributed by atoms with Crippen LogP contribution in [0.1, 0.15) is 19.4 Å². The molecule has 3 rings (SSSR count). The average Bonchev–Trinajstić information content (AvgIpc) is 2.84. The summed E-state index contributed by atoms with van der Waals surface area (Å²) in [6.45, 7) is 6.50. The molecule has 2 aromatic heterocycles. The van der Waals surface area contributed by atoms with E-state index in [9.17, 15) is 4.79 Å². The zero-order valence-corrected chi connectivity index (χ0v) is 13.1. The van der Waals surface area contributed by atoms with Gasteiger partial charge in [0.1, 0.15) is 5.49 Å². The predicted molar refractivity (Wildman–Crippen MR) is 85.4 cm³/mol. The first-order valence-corrected chi connectivity index (χ1v) is 7.85. The fraction of sp³-hybridized carbons (Fsp3) is 0.333. The molecule has 0 aliphatic carbocycles. The van der Waals surface area contributed by atoms with Crippen molar-refractivity contribution in [3.8, 4) is 11.1 Å². The van der Waals surface area contributed by atoms with Crippen LogP contribution >= 0.6 is 11.3 Å². The van der Waals surface area contributed by atoms with E-state index in [0.717, 1.165) is 27.6 Å². The average molecular weight is 302 g/mol. The predicted octanol–water partition coefficient (Wildman–Crippen LogP) is 0.498. The van der Waals surface area contributed by atoms with Crippen LogP contribution in [0.3, 0.4) is 0 Å². The van der Waals surface area contributed by atoms with E-state index in [0.29, 0.717) is 12.0 Å². The smallest absolute Gasteiger partial charge is 0.260 e. The van der Waals surface area contributed by atoms with Crippen molar-refractivity contribution in [2.24, 2.45) is 10.7 Å². The molecule has 1 aliphatic rings. The minimum absolute atomic E-state index is 0.0107. The molecule has 2 aromatic rings. The summed E-state index contributed by atoms with van der Waals surface area (Å²) >= 11 is 1.61. The third-order valence-electron chi connectivity index (χ3n) is 3.75. The highest BCUT2D eigenvalue weighted by atomic mass is 32.1. The summed E-state index contributed by atoms with van der Waals surface area (Å²) in [6, 6.07) is 1.93. The van der Waals surface area contributed by atoms with Gasteiger partial charge in [0, 0.05) is 28.6 Å². The molecule has 0 amide bonds. The summed E-state index contributed by atoms with van der Waals surface area (Å²) in [7, 11) is 0. The lowest BCUT2D eigenvalue weighted by Crippen LogP contribution is -2.53. The van der Waals surface area contributed by atoms with Crippen molar-refractivity contribution in [3.63, 3.8) is 0 Å². The van der Waals surface area contributed by atoms with E-state index in [1.165, 1.54) is 0 Å². The zero-order chi connectivity index (χ0) is 15.1. The van der Waals surface area contributed by atoms with Gasteiger partial charge in [0.05, 0.1) is 0 Å². The van der Waals surface area contributed by atoms with Crippen LogP contribution in [0.25, 0.3) is 16.8 Å². The first-order valence-electron chi connectivity index (χ1n) is 6.90. The molecular weight excluding hydrogens is 284 g/mol. The minimum Gasteiger partial charge on any atom is -0.355 e. The molecule has 0 spiro atoms. The maximum Gasteiger partial charge on any atom is 0.260 e. The Kier molecular flexibility index (Phi) is 3.43. The first-order chi connectivity index (χ1) is 10.0. The number of aryl methyl sites for hydroxylation is 1. The molecule has 3 heterocycles. The Hall–Kier alpha value is -1.92. The first kappa shape index (κ1) is 14.0. The van der Waals surface area contributed by atoms with Crippen molar-refractivity contribution >= 4 is 17.0 Å². The Bertz CT molecular complexity index is 878. The van der Waals surface area contributed by atoms with Gasteiger partial charge in [-0.1, -0.05) is 0 Å². The van der Waals surface area contributed by atoms with Crippen LogP contribution in [-0.2, 0) is 6.54 Å². The highest BCUT2D eigenvalue weighted by molar-refractivity contribution is 7.08. The number of nitrogens with two attached hydrogens (primary N) is 1. The van der Waals surface area contributed by atoms with Crippen LogP contribution in [0.5, 0.6) is 0 Å². The minimum atomic E-state index is -0.497. The van der Waals surface area contributed by atoms with Crippen molar-refractivity contribution in [3.05, 3.63) is 43.5 Å². The third kappa shape index (κ3) is 2.20. The molecule has 0 bridgehead atoms. The topological polar surface area (TPSA) is 72.4 Å². The molecule has 21 heavy (non-hydrogen) atoms. The summed E-state index contributed by atoms with van der Waals surface area (Å²) < 4.78 is 1.70. The molecule has 1 atom stereocenters. The van der Waals surface area contributed by atoms with Gasteiger partial charge in [0.15, 0.2) is 6.29 Å². The Morgan fingerprint density at radius 2 is 2.14 bits per heavy atom. The molecule has 1 aliphatic heterocycles. The van der Waals surface area contributed by atoms with Gasteiger partial charge in [-0.15, -0.1) is 0 Å². The lowest BCUT2D eigenvalue weighted by Gasteiger charge is -2.18. The van der Waals surface area contributed by atoms with Crippen molar-refractivity contribution < 1.29 is 0 Å². The van der Waals surface area contributed by atoms with Crippen LogP contribution in [0.4, 0.5) is 0 Å². The van der Waals surface area contributed by atoms with Gasteiger partial charge < -0.3 is 5.32 Å². The molecular formula is C15H18N4OS. The van der Waals surface area contributed by atoms with E-state index < -0.39 is 6.29 Å². The summed E-state index contributed by atoms with van der Waals surface area (Å²) in [4.78, 5) is 17.2. The maximum atomic E-state index is 12.8. The van der Waals surface area contributed by atoms with Crippen molar-refractivity contribution in [2.75, 3.05) is 0 Å². The molecule has 110 valence electrons. The Labute approximate surface area is 126 Å². The van der Waals surface area contributed by atoms with Gasteiger partial charge in [0.25, 0.3) is 5.56 Å². The molecule has 0 radical (unpaired) electrons. The molecule has 0 aromatic carbocycles. The molecule has 0 fully saturated rings. The number of aromatic nitrogens is 1. The van der Waals surface area contributed by atoms with E-state index in [2.05, 4.69) is 15.7 Å². The number of hydrogen-bond acceptors (Lipinski definition) is 5. The lowest BCUT2D eigenvalue weighted by molar-refractivity contribution is 0.573. The summed E-state index contributed by atoms with van der Waals surface area (Å²) in [5, 5.41) is 8.13. The normalized spacial score (nSPS) is 17.1. The number of rotatable bonds is 2. The van der Waals surface area contributed by atoms with Crippen molar-refractivity contribution in [1.82, 2.24) is 9.88 Å². The monoisotopic (exact) mass is 302 g/mol. The molecule has 0 saturated carbocycles. The number of fused-ring (bicyclic) bond motifs is 1. The van der Waals surface area contributed by atoms with Gasteiger partial charge in [-0.2, -0.15) is 11.3 Å². The van der Waals surface area contributed by atoms with Gasteiger partial charge >= 0.3 is 0 Å². The highest BCUT2D eigenvalue weighted by Crippen LogP contribution is 2.23. The van der Waals surface area contributed by atoms with Crippen LogP contribution < -0.4 is 27.3 Å².